The number of fused-ring (bicyclic) bond motifs is 1. The van der Waals surface area contributed by atoms with Crippen LogP contribution >= 0.6 is 12.2 Å². The van der Waals surface area contributed by atoms with Crippen molar-refractivity contribution in [3.8, 4) is 0 Å². The van der Waals surface area contributed by atoms with Gasteiger partial charge in [-0.1, -0.05) is 45.0 Å². The molecule has 5 nitrogen and oxygen atoms in total. The van der Waals surface area contributed by atoms with E-state index in [0.717, 1.165) is 0 Å². The molecule has 0 aliphatic heterocycles. The number of carbonyl (C=O) groups is 1. The first-order chi connectivity index (χ1) is 12.7. The highest BCUT2D eigenvalue weighted by Crippen LogP contribution is 2.23. The topological polar surface area (TPSA) is 66.9 Å². The van der Waals surface area contributed by atoms with E-state index in [1.807, 2.05) is 30.3 Å². The number of hydrogen-bond donors (Lipinski definition) is 2. The summed E-state index contributed by atoms with van der Waals surface area (Å²) in [6.45, 7) is 8.07. The van der Waals surface area contributed by atoms with Crippen LogP contribution in [-0.2, 0) is 10.2 Å². The van der Waals surface area contributed by atoms with E-state index in [1.165, 1.54) is 10.1 Å². The van der Waals surface area contributed by atoms with E-state index >= 15 is 0 Å². The smallest absolute Gasteiger partial charge is 0.262 e. The maximum absolute atomic E-state index is 12.8. The summed E-state index contributed by atoms with van der Waals surface area (Å²) in [5, 5.41) is 3.36. The molecule has 0 saturated heterocycles. The molecule has 3 rings (SSSR count). The van der Waals surface area contributed by atoms with Crippen LogP contribution in [0.3, 0.4) is 0 Å². The molecule has 0 bridgehead atoms. The largest absolute Gasteiger partial charge is 0.332 e. The number of benzene rings is 2. The summed E-state index contributed by atoms with van der Waals surface area (Å²) in [6, 6.07) is 14.1. The van der Waals surface area contributed by atoms with Crippen molar-refractivity contribution in [2.45, 2.75) is 39.2 Å². The zero-order chi connectivity index (χ0) is 19.8. The van der Waals surface area contributed by atoms with Crippen LogP contribution in [0, 0.1) is 4.77 Å². The molecule has 0 saturated carbocycles. The molecule has 6 heteroatoms. The number of H-pyrrole nitrogens is 1. The first-order valence-electron chi connectivity index (χ1n) is 8.83. The fourth-order valence-corrected chi connectivity index (χ4v) is 3.30. The van der Waals surface area contributed by atoms with Crippen molar-refractivity contribution in [1.82, 2.24) is 9.55 Å². The van der Waals surface area contributed by atoms with Gasteiger partial charge in [-0.05, 0) is 54.4 Å². The lowest BCUT2D eigenvalue weighted by Crippen LogP contribution is -2.32. The number of amides is 1. The van der Waals surface area contributed by atoms with Crippen LogP contribution in [0.25, 0.3) is 10.9 Å². The Morgan fingerprint density at radius 3 is 2.37 bits per heavy atom. The fraction of sp³-hybridized carbons (Fsp3) is 0.286. The highest BCUT2D eigenvalue weighted by Gasteiger charge is 2.19. The van der Waals surface area contributed by atoms with E-state index in [1.54, 1.807) is 25.1 Å². The van der Waals surface area contributed by atoms with Gasteiger partial charge in [0.15, 0.2) is 4.77 Å². The molecule has 140 valence electrons. The second-order valence-corrected chi connectivity index (χ2v) is 8.03. The number of nitrogens with zero attached hydrogens (tertiary/aromatic N) is 1. The number of anilines is 1. The summed E-state index contributed by atoms with van der Waals surface area (Å²) in [5.41, 5.74) is 2.29. The van der Waals surface area contributed by atoms with Crippen LogP contribution in [-0.4, -0.2) is 15.5 Å². The van der Waals surface area contributed by atoms with Crippen LogP contribution in [0.2, 0.25) is 0 Å². The highest BCUT2D eigenvalue weighted by atomic mass is 32.1. The number of rotatable bonds is 3. The highest BCUT2D eigenvalue weighted by molar-refractivity contribution is 7.71. The van der Waals surface area contributed by atoms with Crippen molar-refractivity contribution < 1.29 is 4.79 Å². The van der Waals surface area contributed by atoms with E-state index in [0.29, 0.717) is 16.6 Å². The van der Waals surface area contributed by atoms with Crippen molar-refractivity contribution >= 4 is 34.7 Å². The second kappa shape index (κ2) is 7.12. The van der Waals surface area contributed by atoms with E-state index in [-0.39, 0.29) is 21.7 Å². The number of para-hydroxylation sites is 1. The first-order valence-corrected chi connectivity index (χ1v) is 9.24. The van der Waals surface area contributed by atoms with Crippen molar-refractivity contribution in [3.63, 3.8) is 0 Å². The monoisotopic (exact) mass is 381 g/mol. The Labute approximate surface area is 163 Å². The summed E-state index contributed by atoms with van der Waals surface area (Å²) in [6.07, 6.45) is 0. The number of carbonyl (C=O) groups excluding carboxylic acids is 1. The third-order valence-corrected chi connectivity index (χ3v) is 4.92. The van der Waals surface area contributed by atoms with Crippen molar-refractivity contribution in [2.24, 2.45) is 0 Å². The molecular weight excluding hydrogens is 358 g/mol. The average Bonchev–Trinajstić information content (AvgIpc) is 2.61. The Balaban J connectivity index is 1.89. The van der Waals surface area contributed by atoms with E-state index in [9.17, 15) is 9.59 Å². The van der Waals surface area contributed by atoms with Gasteiger partial charge in [-0.25, -0.2) is 0 Å². The fourth-order valence-electron chi connectivity index (χ4n) is 2.95. The van der Waals surface area contributed by atoms with Crippen LogP contribution < -0.4 is 10.9 Å². The minimum Gasteiger partial charge on any atom is -0.332 e. The molecule has 2 aromatic carbocycles. The Kier molecular flexibility index (Phi) is 5.02. The van der Waals surface area contributed by atoms with Crippen LogP contribution in [0.4, 0.5) is 5.69 Å². The summed E-state index contributed by atoms with van der Waals surface area (Å²) >= 11 is 5.31. The lowest BCUT2D eigenvalue weighted by molar-refractivity contribution is -0.118. The van der Waals surface area contributed by atoms with Gasteiger partial charge in [-0.2, -0.15) is 0 Å². The zero-order valence-electron chi connectivity index (χ0n) is 15.9. The quantitative estimate of drug-likeness (QED) is 0.654. The van der Waals surface area contributed by atoms with Gasteiger partial charge >= 0.3 is 0 Å². The summed E-state index contributed by atoms with van der Waals surface area (Å²) < 4.78 is 1.54. The van der Waals surface area contributed by atoms with Gasteiger partial charge < -0.3 is 10.3 Å². The lowest BCUT2D eigenvalue weighted by atomic mass is 9.87. The number of aromatic nitrogens is 2. The van der Waals surface area contributed by atoms with Crippen molar-refractivity contribution in [3.05, 3.63) is 69.2 Å². The van der Waals surface area contributed by atoms with E-state index in [2.05, 4.69) is 31.1 Å². The van der Waals surface area contributed by atoms with E-state index in [4.69, 9.17) is 12.2 Å². The molecule has 0 fully saturated rings. The number of nitrogens with one attached hydrogen (secondary N) is 2. The summed E-state index contributed by atoms with van der Waals surface area (Å²) in [5.74, 6) is -0.296. The molecule has 1 amide bonds. The molecule has 0 aliphatic rings. The van der Waals surface area contributed by atoms with Crippen molar-refractivity contribution in [1.29, 1.82) is 0 Å². The predicted molar refractivity (Wildman–Crippen MR) is 112 cm³/mol. The molecule has 0 radical (unpaired) electrons. The lowest BCUT2D eigenvalue weighted by Gasteiger charge is -2.20. The first kappa shape index (κ1) is 19.0. The molecule has 27 heavy (non-hydrogen) atoms. The molecule has 1 aromatic heterocycles. The summed E-state index contributed by atoms with van der Waals surface area (Å²) in [4.78, 5) is 28.5. The van der Waals surface area contributed by atoms with Gasteiger partial charge in [-0.15, -0.1) is 0 Å². The number of aromatic amines is 1. The normalized spacial score (nSPS) is 12.7. The standard InChI is InChI=1S/C21H23N3O2S/c1-13(18(25)22-15-11-9-14(10-12-15)21(2,3)4)24-19(26)16-7-5-6-8-17(16)23-20(24)27/h5-13H,1-4H3,(H,22,25)(H,23,27). The van der Waals surface area contributed by atoms with Gasteiger partial charge in [0.25, 0.3) is 5.56 Å². The third kappa shape index (κ3) is 3.85. The molecule has 1 atom stereocenters. The predicted octanol–water partition coefficient (Wildman–Crippen LogP) is 4.56. The van der Waals surface area contributed by atoms with Crippen molar-refractivity contribution in [2.75, 3.05) is 5.32 Å². The minimum absolute atomic E-state index is 0.0430. The Morgan fingerprint density at radius 2 is 1.74 bits per heavy atom. The van der Waals surface area contributed by atoms with Gasteiger partial charge in [-0.3, -0.25) is 14.2 Å². The van der Waals surface area contributed by atoms with Crippen LogP contribution in [0.1, 0.15) is 39.3 Å². The second-order valence-electron chi connectivity index (χ2n) is 7.64. The van der Waals surface area contributed by atoms with Gasteiger partial charge in [0, 0.05) is 5.69 Å². The Bertz CT molecular complexity index is 1110. The molecular formula is C21H23N3O2S. The summed E-state index contributed by atoms with van der Waals surface area (Å²) in [7, 11) is 0. The third-order valence-electron chi connectivity index (χ3n) is 4.62. The van der Waals surface area contributed by atoms with Crippen LogP contribution in [0.15, 0.2) is 53.3 Å². The zero-order valence-corrected chi connectivity index (χ0v) is 16.7. The Morgan fingerprint density at radius 1 is 1.11 bits per heavy atom. The van der Waals surface area contributed by atoms with Gasteiger partial charge in [0.1, 0.15) is 6.04 Å². The average molecular weight is 382 g/mol. The molecule has 0 spiro atoms. The maximum atomic E-state index is 12.8. The van der Waals surface area contributed by atoms with Gasteiger partial charge in [0.05, 0.1) is 10.9 Å². The minimum atomic E-state index is -0.742. The van der Waals surface area contributed by atoms with Gasteiger partial charge in [0.2, 0.25) is 5.91 Å². The molecule has 2 N–H and O–H groups in total. The van der Waals surface area contributed by atoms with E-state index < -0.39 is 6.04 Å². The molecule has 1 unspecified atom stereocenters. The SMILES string of the molecule is CC(C(=O)Nc1ccc(C(C)(C)C)cc1)n1c(=S)[nH]c2ccccc2c1=O. The molecule has 1 heterocycles. The Hall–Kier alpha value is -2.73. The van der Waals surface area contributed by atoms with Crippen LogP contribution in [0.5, 0.6) is 0 Å². The number of hydrogen-bond acceptors (Lipinski definition) is 3. The maximum Gasteiger partial charge on any atom is 0.262 e. The molecule has 3 aromatic rings. The molecule has 0 aliphatic carbocycles.